The van der Waals surface area contributed by atoms with Crippen LogP contribution < -0.4 is 14.5 Å². The molecule has 0 N–H and O–H groups in total. The summed E-state index contributed by atoms with van der Waals surface area (Å²) in [4.78, 5) is 18.9. The molecule has 4 heteroatoms. The first-order valence-electron chi connectivity index (χ1n) is 22.4. The second-order valence-electron chi connectivity index (χ2n) is 16.9. The summed E-state index contributed by atoms with van der Waals surface area (Å²) < 4.78 is 6.52. The Kier molecular flexibility index (Phi) is 9.69. The number of carbonyl (C=O) groups excluding carboxylic acids is 1. The Hall–Kier alpha value is -8.73. The molecule has 0 fully saturated rings. The number of ketones is 1. The van der Waals surface area contributed by atoms with Gasteiger partial charge in [0.2, 0.25) is 0 Å². The van der Waals surface area contributed by atoms with Crippen LogP contribution in [0.4, 0.5) is 34.1 Å². The van der Waals surface area contributed by atoms with Crippen LogP contribution in [0.3, 0.4) is 0 Å². The molecule has 0 saturated carbocycles. The normalized spacial score (nSPS) is 12.3. The summed E-state index contributed by atoms with van der Waals surface area (Å²) in [6, 6.07) is 84.1. The van der Waals surface area contributed by atoms with Crippen molar-refractivity contribution in [2.24, 2.45) is 0 Å². The van der Waals surface area contributed by atoms with Gasteiger partial charge in [0, 0.05) is 40.3 Å². The summed E-state index contributed by atoms with van der Waals surface area (Å²) >= 11 is 0. The van der Waals surface area contributed by atoms with Gasteiger partial charge in [-0.2, -0.15) is 0 Å². The average molecular weight is 847 g/mol. The van der Waals surface area contributed by atoms with Crippen molar-refractivity contribution in [3.8, 4) is 56.0 Å². The monoisotopic (exact) mass is 846 g/mol. The summed E-state index contributed by atoms with van der Waals surface area (Å²) in [6.07, 6.45) is 0.869. The van der Waals surface area contributed by atoms with Crippen LogP contribution in [0.25, 0.3) is 44.5 Å². The van der Waals surface area contributed by atoms with Crippen LogP contribution in [0.15, 0.2) is 243 Å². The number of rotatable bonds is 8. The highest BCUT2D eigenvalue weighted by Crippen LogP contribution is 2.51. The van der Waals surface area contributed by atoms with Crippen molar-refractivity contribution in [3.63, 3.8) is 0 Å². The van der Waals surface area contributed by atoms with Crippen LogP contribution >= 0.6 is 0 Å². The number of ether oxygens (including phenoxy) is 1. The number of hydrogen-bond acceptors (Lipinski definition) is 4. The molecule has 0 radical (unpaired) electrons. The van der Waals surface area contributed by atoms with Gasteiger partial charge in [-0.3, -0.25) is 4.79 Å². The minimum Gasteiger partial charge on any atom is -0.453 e. The van der Waals surface area contributed by atoms with Gasteiger partial charge in [-0.25, -0.2) is 0 Å². The predicted octanol–water partition coefficient (Wildman–Crippen LogP) is 16.5. The third-order valence-corrected chi connectivity index (χ3v) is 12.8. The zero-order valence-electron chi connectivity index (χ0n) is 36.0. The van der Waals surface area contributed by atoms with E-state index in [4.69, 9.17) is 4.74 Å². The Morgan fingerprint density at radius 1 is 0.318 bits per heavy atom. The first kappa shape index (κ1) is 38.9. The van der Waals surface area contributed by atoms with Crippen LogP contribution in [0.2, 0.25) is 0 Å². The Labute approximate surface area is 384 Å². The van der Waals surface area contributed by atoms with Gasteiger partial charge in [0.1, 0.15) is 0 Å². The Morgan fingerprint density at radius 3 is 1.35 bits per heavy atom. The quantitative estimate of drug-likeness (QED) is 0.143. The minimum atomic E-state index is -0.0148. The minimum absolute atomic E-state index is 0.0148. The van der Waals surface area contributed by atoms with Crippen molar-refractivity contribution in [2.75, 3.05) is 9.80 Å². The second kappa shape index (κ2) is 16.4. The first-order chi connectivity index (χ1) is 32.6. The molecule has 0 bridgehead atoms. The fourth-order valence-electron chi connectivity index (χ4n) is 9.59. The number of benzene rings is 10. The molecule has 0 unspecified atom stereocenters. The molecule has 0 amide bonds. The highest BCUT2D eigenvalue weighted by Gasteiger charge is 2.27. The number of para-hydroxylation sites is 5. The van der Waals surface area contributed by atoms with E-state index >= 15 is 0 Å². The molecule has 2 aliphatic heterocycles. The van der Waals surface area contributed by atoms with Gasteiger partial charge in [0.15, 0.2) is 17.3 Å². The lowest BCUT2D eigenvalue weighted by Gasteiger charge is -2.33. The Balaban J connectivity index is 0.807. The maximum atomic E-state index is 14.3. The molecule has 4 nitrogen and oxygen atoms in total. The lowest BCUT2D eigenvalue weighted by atomic mass is 9.91. The van der Waals surface area contributed by atoms with Crippen LogP contribution in [-0.4, -0.2) is 5.78 Å². The second-order valence-corrected chi connectivity index (χ2v) is 16.9. The van der Waals surface area contributed by atoms with Gasteiger partial charge in [0.05, 0.1) is 11.4 Å². The largest absolute Gasteiger partial charge is 0.453 e. The van der Waals surface area contributed by atoms with Crippen molar-refractivity contribution >= 4 is 39.9 Å². The average Bonchev–Trinajstić information content (AvgIpc) is 3.39. The summed E-state index contributed by atoms with van der Waals surface area (Å²) in [5.41, 5.74) is 19.0. The number of fused-ring (bicyclic) bond motifs is 4. The van der Waals surface area contributed by atoms with Crippen molar-refractivity contribution in [2.45, 2.75) is 6.42 Å². The molecule has 10 aromatic carbocycles. The third-order valence-electron chi connectivity index (χ3n) is 12.8. The highest BCUT2D eigenvalue weighted by atomic mass is 16.5. The molecule has 0 aliphatic carbocycles. The van der Waals surface area contributed by atoms with Gasteiger partial charge in [-0.05, 0) is 147 Å². The number of carbonyl (C=O) groups is 1. The molecule has 10 aromatic rings. The molecule has 312 valence electrons. The molecule has 12 rings (SSSR count). The molecule has 2 heterocycles. The lowest BCUT2D eigenvalue weighted by molar-refractivity contribution is 0.103. The summed E-state index contributed by atoms with van der Waals surface area (Å²) in [5.74, 6) is 1.59. The maximum Gasteiger partial charge on any atom is 0.193 e. The van der Waals surface area contributed by atoms with Crippen molar-refractivity contribution < 1.29 is 9.53 Å². The van der Waals surface area contributed by atoms with Gasteiger partial charge in [0.25, 0.3) is 0 Å². The van der Waals surface area contributed by atoms with Crippen LogP contribution in [0.1, 0.15) is 27.0 Å². The van der Waals surface area contributed by atoms with Crippen molar-refractivity contribution in [3.05, 3.63) is 265 Å². The third kappa shape index (κ3) is 7.11. The highest BCUT2D eigenvalue weighted by molar-refractivity contribution is 6.10. The van der Waals surface area contributed by atoms with E-state index in [2.05, 4.69) is 192 Å². The molecule has 2 aliphatic rings. The number of anilines is 6. The summed E-state index contributed by atoms with van der Waals surface area (Å²) in [7, 11) is 0. The van der Waals surface area contributed by atoms with E-state index in [1.54, 1.807) is 0 Å². The molecule has 0 saturated heterocycles. The standard InChI is InChI=1S/C62H42N2O2/c65-62(51-22-13-20-46(37-51)42-16-11-18-44(35-42)48-31-33-57-53(39-48)40-50-15-7-8-28-56(50)63(57)54-24-3-1-4-25-54)52-23-14-21-47(38-52)43-17-12-19-45(36-43)49-32-34-59-61(41-49)66-60-30-10-9-29-58(60)64(59)55-26-5-2-6-27-55/h1-39,41H,40H2. The van der Waals surface area contributed by atoms with Crippen LogP contribution in [-0.2, 0) is 6.42 Å². The fraction of sp³-hybridized carbons (Fsp3) is 0.0161. The maximum absolute atomic E-state index is 14.3. The van der Waals surface area contributed by atoms with Crippen LogP contribution in [0.5, 0.6) is 11.5 Å². The zero-order chi connectivity index (χ0) is 44.0. The summed E-state index contributed by atoms with van der Waals surface area (Å²) in [5, 5.41) is 0. The molecular formula is C62H42N2O2. The lowest BCUT2D eigenvalue weighted by Crippen LogP contribution is -2.18. The predicted molar refractivity (Wildman–Crippen MR) is 270 cm³/mol. The van der Waals surface area contributed by atoms with Crippen LogP contribution in [0, 0.1) is 0 Å². The van der Waals surface area contributed by atoms with E-state index in [9.17, 15) is 4.79 Å². The Bertz CT molecular complexity index is 3240. The van der Waals surface area contributed by atoms with E-state index in [1.165, 1.54) is 22.5 Å². The number of hydrogen-bond donors (Lipinski definition) is 0. The van der Waals surface area contributed by atoms with E-state index < -0.39 is 0 Å². The smallest absolute Gasteiger partial charge is 0.193 e. The molecular weight excluding hydrogens is 805 g/mol. The van der Waals surface area contributed by atoms with Gasteiger partial charge >= 0.3 is 0 Å². The Morgan fingerprint density at radius 2 is 0.742 bits per heavy atom. The van der Waals surface area contributed by atoms with E-state index in [-0.39, 0.29) is 5.78 Å². The SMILES string of the molecule is O=C(c1cccc(-c2cccc(-c3ccc4c(c3)Cc3ccccc3N4c3ccccc3)c2)c1)c1cccc(-c2cccc(-c3ccc4c(c3)Oc3ccccc3N4c3ccccc3)c2)c1. The first-order valence-corrected chi connectivity index (χ1v) is 22.4. The van der Waals surface area contributed by atoms with Gasteiger partial charge in [-0.15, -0.1) is 0 Å². The zero-order valence-corrected chi connectivity index (χ0v) is 36.0. The number of nitrogens with zero attached hydrogens (tertiary/aromatic N) is 2. The fourth-order valence-corrected chi connectivity index (χ4v) is 9.59. The van der Waals surface area contributed by atoms with Crippen molar-refractivity contribution in [1.82, 2.24) is 0 Å². The molecule has 0 atom stereocenters. The molecule has 0 aromatic heterocycles. The molecule has 0 spiro atoms. The van der Waals surface area contributed by atoms with E-state index in [0.29, 0.717) is 11.1 Å². The van der Waals surface area contributed by atoms with Crippen molar-refractivity contribution in [1.29, 1.82) is 0 Å². The van der Waals surface area contributed by atoms with E-state index in [1.807, 2.05) is 60.7 Å². The summed E-state index contributed by atoms with van der Waals surface area (Å²) in [6.45, 7) is 0. The van der Waals surface area contributed by atoms with E-state index in [0.717, 1.165) is 85.2 Å². The molecule has 66 heavy (non-hydrogen) atoms. The van der Waals surface area contributed by atoms with Gasteiger partial charge in [-0.1, -0.05) is 152 Å². The topological polar surface area (TPSA) is 32.8 Å². The van der Waals surface area contributed by atoms with Gasteiger partial charge < -0.3 is 14.5 Å².